The van der Waals surface area contributed by atoms with Crippen LogP contribution in [-0.2, 0) is 11.5 Å². The van der Waals surface area contributed by atoms with Crippen LogP contribution in [0.15, 0.2) is 18.2 Å². The molecule has 6 heteroatoms. The molecule has 0 aliphatic heterocycles. The van der Waals surface area contributed by atoms with Gasteiger partial charge in [0.05, 0.1) is 12.7 Å². The van der Waals surface area contributed by atoms with Gasteiger partial charge in [0.15, 0.2) is 6.29 Å². The number of benzene rings is 1. The van der Waals surface area contributed by atoms with Crippen LogP contribution < -0.4 is 10.5 Å². The van der Waals surface area contributed by atoms with Gasteiger partial charge in [0.2, 0.25) is 0 Å². The fraction of sp³-hybridized carbons (Fsp3) is 0.286. The predicted octanol–water partition coefficient (Wildman–Crippen LogP) is 1.87. The van der Waals surface area contributed by atoms with Crippen LogP contribution in [0.2, 0.25) is 0 Å². The van der Waals surface area contributed by atoms with Crippen LogP contribution in [0.25, 0.3) is 11.3 Å². The minimum absolute atomic E-state index is 0.196. The van der Waals surface area contributed by atoms with Crippen molar-refractivity contribution in [2.45, 2.75) is 13.7 Å². The van der Waals surface area contributed by atoms with Crippen LogP contribution in [0.4, 0.5) is 5.82 Å². The molecule has 0 saturated heterocycles. The number of hydrogen-bond acceptors (Lipinski definition) is 5. The number of carbonyl (C=O) groups excluding carboxylic acids is 1. The molecular formula is C14H17N3O3. The first kappa shape index (κ1) is 14.1. The van der Waals surface area contributed by atoms with E-state index in [0.29, 0.717) is 23.4 Å². The van der Waals surface area contributed by atoms with E-state index in [-0.39, 0.29) is 6.73 Å². The van der Waals surface area contributed by atoms with Crippen LogP contribution in [0.1, 0.15) is 15.9 Å². The Labute approximate surface area is 117 Å². The van der Waals surface area contributed by atoms with Gasteiger partial charge in [0, 0.05) is 12.7 Å². The van der Waals surface area contributed by atoms with Crippen LogP contribution >= 0.6 is 0 Å². The van der Waals surface area contributed by atoms with Crippen molar-refractivity contribution in [3.05, 3.63) is 29.3 Å². The first-order valence-electron chi connectivity index (χ1n) is 6.07. The number of aryl methyl sites for hydroxylation is 1. The lowest BCUT2D eigenvalue weighted by atomic mass is 10.0. The fourth-order valence-electron chi connectivity index (χ4n) is 2.05. The maximum absolute atomic E-state index is 11.3. The monoisotopic (exact) mass is 275 g/mol. The van der Waals surface area contributed by atoms with Crippen molar-refractivity contribution in [3.63, 3.8) is 0 Å². The van der Waals surface area contributed by atoms with Gasteiger partial charge in [0.25, 0.3) is 0 Å². The molecule has 1 aromatic carbocycles. The average Bonchev–Trinajstić information content (AvgIpc) is 2.75. The number of aldehydes is 1. The van der Waals surface area contributed by atoms with E-state index in [0.717, 1.165) is 16.9 Å². The van der Waals surface area contributed by atoms with E-state index in [9.17, 15) is 4.79 Å². The van der Waals surface area contributed by atoms with E-state index in [1.165, 1.54) is 4.68 Å². The average molecular weight is 275 g/mol. The maximum Gasteiger partial charge on any atom is 0.156 e. The normalized spacial score (nSPS) is 10.6. The molecule has 0 amide bonds. The van der Waals surface area contributed by atoms with Crippen molar-refractivity contribution >= 4 is 12.1 Å². The number of carbonyl (C=O) groups is 1. The third-order valence-corrected chi connectivity index (χ3v) is 3.09. The molecule has 0 saturated carbocycles. The standard InChI is InChI=1S/C14H17N3O3/c1-9-6-10(20-3)4-5-11(9)13-12(7-18)14(15)17(16-13)8-19-2/h4-7H,8,15H2,1-3H3. The molecule has 0 aliphatic carbocycles. The molecule has 0 fully saturated rings. The van der Waals surface area contributed by atoms with Gasteiger partial charge < -0.3 is 15.2 Å². The van der Waals surface area contributed by atoms with E-state index < -0.39 is 0 Å². The zero-order valence-corrected chi connectivity index (χ0v) is 11.7. The number of hydrogen-bond donors (Lipinski definition) is 1. The van der Waals surface area contributed by atoms with E-state index in [1.54, 1.807) is 14.2 Å². The molecule has 1 heterocycles. The molecule has 2 N–H and O–H groups in total. The molecule has 2 aromatic rings. The summed E-state index contributed by atoms with van der Waals surface area (Å²) >= 11 is 0. The molecular weight excluding hydrogens is 258 g/mol. The van der Waals surface area contributed by atoms with E-state index in [4.69, 9.17) is 15.2 Å². The van der Waals surface area contributed by atoms with Crippen molar-refractivity contribution in [1.29, 1.82) is 0 Å². The zero-order chi connectivity index (χ0) is 14.7. The Bertz CT molecular complexity index is 635. The topological polar surface area (TPSA) is 79.4 Å². The number of nitrogens with two attached hydrogens (primary N) is 1. The van der Waals surface area contributed by atoms with Crippen molar-refractivity contribution in [3.8, 4) is 17.0 Å². The van der Waals surface area contributed by atoms with Gasteiger partial charge in [-0.05, 0) is 30.7 Å². The Balaban J connectivity index is 2.57. The summed E-state index contributed by atoms with van der Waals surface area (Å²) < 4.78 is 11.6. The van der Waals surface area contributed by atoms with Gasteiger partial charge >= 0.3 is 0 Å². The number of nitrogens with zero attached hydrogens (tertiary/aromatic N) is 2. The Hall–Kier alpha value is -2.34. The molecule has 106 valence electrons. The van der Waals surface area contributed by atoms with Crippen LogP contribution in [-0.4, -0.2) is 30.3 Å². The Morgan fingerprint density at radius 1 is 1.40 bits per heavy atom. The molecule has 20 heavy (non-hydrogen) atoms. The van der Waals surface area contributed by atoms with Crippen molar-refractivity contribution in [2.75, 3.05) is 20.0 Å². The first-order chi connectivity index (χ1) is 9.62. The molecule has 0 bridgehead atoms. The van der Waals surface area contributed by atoms with Gasteiger partial charge in [-0.15, -0.1) is 0 Å². The number of aromatic nitrogens is 2. The summed E-state index contributed by atoms with van der Waals surface area (Å²) in [5.41, 5.74) is 8.63. The van der Waals surface area contributed by atoms with E-state index in [2.05, 4.69) is 5.10 Å². The summed E-state index contributed by atoms with van der Waals surface area (Å²) in [5, 5.41) is 4.35. The largest absolute Gasteiger partial charge is 0.497 e. The number of anilines is 1. The summed E-state index contributed by atoms with van der Waals surface area (Å²) in [4.78, 5) is 11.3. The minimum atomic E-state index is 0.196. The summed E-state index contributed by atoms with van der Waals surface area (Å²) in [7, 11) is 3.15. The maximum atomic E-state index is 11.3. The van der Waals surface area contributed by atoms with Crippen molar-refractivity contribution in [2.24, 2.45) is 0 Å². The lowest BCUT2D eigenvalue weighted by Gasteiger charge is -2.06. The van der Waals surface area contributed by atoms with Crippen molar-refractivity contribution < 1.29 is 14.3 Å². The van der Waals surface area contributed by atoms with E-state index >= 15 is 0 Å². The minimum Gasteiger partial charge on any atom is -0.497 e. The molecule has 2 rings (SSSR count). The highest BCUT2D eigenvalue weighted by Gasteiger charge is 2.18. The summed E-state index contributed by atoms with van der Waals surface area (Å²) in [6.07, 6.45) is 0.716. The Morgan fingerprint density at radius 3 is 2.70 bits per heavy atom. The number of nitrogen functional groups attached to an aromatic ring is 1. The molecule has 0 spiro atoms. The quantitative estimate of drug-likeness (QED) is 0.843. The molecule has 0 atom stereocenters. The summed E-state index contributed by atoms with van der Waals surface area (Å²) in [6.45, 7) is 2.12. The third-order valence-electron chi connectivity index (χ3n) is 3.09. The van der Waals surface area contributed by atoms with Gasteiger partial charge in [-0.1, -0.05) is 0 Å². The molecule has 0 aliphatic rings. The first-order valence-corrected chi connectivity index (χ1v) is 6.07. The third kappa shape index (κ3) is 2.37. The summed E-state index contributed by atoms with van der Waals surface area (Å²) in [5.74, 6) is 1.05. The van der Waals surface area contributed by atoms with Gasteiger partial charge in [0.1, 0.15) is 24.0 Å². The van der Waals surface area contributed by atoms with Crippen LogP contribution in [0.3, 0.4) is 0 Å². The van der Waals surface area contributed by atoms with Gasteiger partial charge in [-0.25, -0.2) is 4.68 Å². The van der Waals surface area contributed by atoms with Gasteiger partial charge in [-0.3, -0.25) is 4.79 Å². The summed E-state index contributed by atoms with van der Waals surface area (Å²) in [6, 6.07) is 5.57. The lowest BCUT2D eigenvalue weighted by molar-refractivity contribution is 0.112. The molecule has 0 unspecified atom stereocenters. The highest BCUT2D eigenvalue weighted by molar-refractivity contribution is 5.92. The second kappa shape index (κ2) is 5.75. The van der Waals surface area contributed by atoms with Gasteiger partial charge in [-0.2, -0.15) is 5.10 Å². The molecule has 6 nitrogen and oxygen atoms in total. The van der Waals surface area contributed by atoms with E-state index in [1.807, 2.05) is 25.1 Å². The lowest BCUT2D eigenvalue weighted by Crippen LogP contribution is -2.06. The van der Waals surface area contributed by atoms with Crippen LogP contribution in [0, 0.1) is 6.92 Å². The fourth-order valence-corrected chi connectivity index (χ4v) is 2.05. The smallest absolute Gasteiger partial charge is 0.156 e. The van der Waals surface area contributed by atoms with Crippen LogP contribution in [0.5, 0.6) is 5.75 Å². The number of ether oxygens (including phenoxy) is 2. The Morgan fingerprint density at radius 2 is 2.15 bits per heavy atom. The van der Waals surface area contributed by atoms with Crippen molar-refractivity contribution in [1.82, 2.24) is 9.78 Å². The molecule has 0 radical (unpaired) electrons. The zero-order valence-electron chi connectivity index (χ0n) is 11.7. The predicted molar refractivity (Wildman–Crippen MR) is 75.8 cm³/mol. The second-order valence-electron chi connectivity index (χ2n) is 4.36. The highest BCUT2D eigenvalue weighted by Crippen LogP contribution is 2.30. The SMILES string of the molecule is COCn1nc(-c2ccc(OC)cc2C)c(C=O)c1N. The highest BCUT2D eigenvalue weighted by atomic mass is 16.5. The second-order valence-corrected chi connectivity index (χ2v) is 4.36. The number of methoxy groups -OCH3 is 2. The number of rotatable bonds is 5. The molecule has 1 aromatic heterocycles. The Kier molecular flexibility index (Phi) is 4.05.